The Morgan fingerprint density at radius 3 is 2.05 bits per heavy atom. The van der Waals surface area contributed by atoms with Gasteiger partial charge in [0.25, 0.3) is 0 Å². The third kappa shape index (κ3) is 4.49. The lowest BCUT2D eigenvalue weighted by Gasteiger charge is -1.98. The summed E-state index contributed by atoms with van der Waals surface area (Å²) in [6.45, 7) is 0. The first-order chi connectivity index (χ1) is 10.7. The lowest BCUT2D eigenvalue weighted by molar-refractivity contribution is 0.1000. The third-order valence-corrected chi connectivity index (χ3v) is 2.80. The van der Waals surface area contributed by atoms with Gasteiger partial charge in [0.15, 0.2) is 0 Å². The van der Waals surface area contributed by atoms with Gasteiger partial charge in [-0.25, -0.2) is 4.39 Å². The van der Waals surface area contributed by atoms with Crippen molar-refractivity contribution >= 4 is 5.91 Å². The summed E-state index contributed by atoms with van der Waals surface area (Å²) in [5, 5.41) is 0. The lowest BCUT2D eigenvalue weighted by atomic mass is 10.1. The van der Waals surface area contributed by atoms with Gasteiger partial charge in [0.1, 0.15) is 5.82 Å². The fraction of sp³-hybridized carbons (Fsp3) is 0. The molecular formula is C17H14FN3O. The molecule has 0 spiro atoms. The Morgan fingerprint density at radius 1 is 0.864 bits per heavy atom. The predicted octanol–water partition coefficient (Wildman–Crippen LogP) is 3.07. The first kappa shape index (κ1) is 15.3. The second-order valence-electron chi connectivity index (χ2n) is 4.35. The van der Waals surface area contributed by atoms with Crippen LogP contribution in [-0.2, 0) is 0 Å². The average molecular weight is 295 g/mol. The fourth-order valence-electron chi connectivity index (χ4n) is 1.69. The minimum absolute atomic E-state index is 0.215. The van der Waals surface area contributed by atoms with Crippen molar-refractivity contribution in [2.75, 3.05) is 0 Å². The number of pyridine rings is 2. The van der Waals surface area contributed by atoms with E-state index in [-0.39, 0.29) is 5.82 Å². The molecule has 110 valence electrons. The van der Waals surface area contributed by atoms with Gasteiger partial charge in [-0.3, -0.25) is 14.8 Å². The first-order valence-electron chi connectivity index (χ1n) is 6.52. The Labute approximate surface area is 127 Å². The highest BCUT2D eigenvalue weighted by molar-refractivity contribution is 5.92. The Kier molecular flexibility index (Phi) is 5.31. The number of carbonyl (C=O) groups is 1. The summed E-state index contributed by atoms with van der Waals surface area (Å²) in [6, 6.07) is 13.3. The summed E-state index contributed by atoms with van der Waals surface area (Å²) in [5.41, 5.74) is 7.42. The van der Waals surface area contributed by atoms with Gasteiger partial charge in [-0.2, -0.15) is 0 Å². The Hall–Kier alpha value is -3.08. The van der Waals surface area contributed by atoms with Crippen LogP contribution in [0.25, 0.3) is 11.1 Å². The molecule has 3 rings (SSSR count). The molecule has 0 saturated heterocycles. The van der Waals surface area contributed by atoms with E-state index in [4.69, 9.17) is 5.73 Å². The van der Waals surface area contributed by atoms with Gasteiger partial charge in [0, 0.05) is 30.4 Å². The maximum absolute atomic E-state index is 12.6. The number of aromatic nitrogens is 2. The second kappa shape index (κ2) is 7.64. The fourth-order valence-corrected chi connectivity index (χ4v) is 1.69. The number of benzene rings is 1. The first-order valence-corrected chi connectivity index (χ1v) is 6.52. The van der Waals surface area contributed by atoms with Crippen LogP contribution in [0.5, 0.6) is 0 Å². The molecule has 0 aliphatic rings. The van der Waals surface area contributed by atoms with E-state index < -0.39 is 5.91 Å². The van der Waals surface area contributed by atoms with Crippen molar-refractivity contribution in [1.82, 2.24) is 9.97 Å². The molecule has 0 bridgehead atoms. The highest BCUT2D eigenvalue weighted by Gasteiger charge is 1.96. The van der Waals surface area contributed by atoms with Crippen LogP contribution in [0.3, 0.4) is 0 Å². The molecule has 0 unspecified atom stereocenters. The number of primary amides is 1. The van der Waals surface area contributed by atoms with E-state index >= 15 is 0 Å². The van der Waals surface area contributed by atoms with Gasteiger partial charge in [-0.1, -0.05) is 18.2 Å². The Balaban J connectivity index is 0.000000172. The zero-order valence-electron chi connectivity index (χ0n) is 11.7. The monoisotopic (exact) mass is 295 g/mol. The van der Waals surface area contributed by atoms with E-state index in [1.54, 1.807) is 36.7 Å². The Bertz CT molecular complexity index is 716. The van der Waals surface area contributed by atoms with Crippen LogP contribution in [0, 0.1) is 5.82 Å². The number of hydrogen-bond acceptors (Lipinski definition) is 3. The molecule has 0 radical (unpaired) electrons. The van der Waals surface area contributed by atoms with E-state index in [1.165, 1.54) is 24.5 Å². The minimum atomic E-state index is -0.419. The molecule has 0 fully saturated rings. The highest BCUT2D eigenvalue weighted by Crippen LogP contribution is 2.17. The summed E-state index contributed by atoms with van der Waals surface area (Å²) in [5.74, 6) is -0.634. The van der Waals surface area contributed by atoms with Crippen LogP contribution >= 0.6 is 0 Å². The number of rotatable bonds is 2. The van der Waals surface area contributed by atoms with Crippen molar-refractivity contribution in [2.45, 2.75) is 0 Å². The molecule has 1 amide bonds. The van der Waals surface area contributed by atoms with Gasteiger partial charge in [-0.05, 0) is 41.5 Å². The number of carbonyl (C=O) groups excluding carboxylic acids is 1. The molecular weight excluding hydrogens is 281 g/mol. The topological polar surface area (TPSA) is 68.9 Å². The number of nitrogens with two attached hydrogens (primary N) is 1. The number of amides is 1. The van der Waals surface area contributed by atoms with Crippen molar-refractivity contribution in [3.05, 3.63) is 84.7 Å². The molecule has 3 aromatic rings. The van der Waals surface area contributed by atoms with Crippen LogP contribution in [0.4, 0.5) is 4.39 Å². The largest absolute Gasteiger partial charge is 0.366 e. The van der Waals surface area contributed by atoms with E-state index in [2.05, 4.69) is 9.97 Å². The molecule has 0 atom stereocenters. The van der Waals surface area contributed by atoms with Crippen LogP contribution in [0.15, 0.2) is 73.3 Å². The summed E-state index contributed by atoms with van der Waals surface area (Å²) in [4.78, 5) is 18.1. The standard InChI is InChI=1S/C11H8FN.C6H6N2O/c12-11-5-3-9(4-6-11)10-2-1-7-13-8-10;7-6(9)5-1-3-8-4-2-5/h1-8H;1-4H,(H2,7,9). The van der Waals surface area contributed by atoms with Crippen LogP contribution in [0.1, 0.15) is 10.4 Å². The van der Waals surface area contributed by atoms with E-state index in [1.807, 2.05) is 12.1 Å². The molecule has 22 heavy (non-hydrogen) atoms. The Morgan fingerprint density at radius 2 is 1.55 bits per heavy atom. The molecule has 0 aliphatic heterocycles. The van der Waals surface area contributed by atoms with Crippen LogP contribution < -0.4 is 5.73 Å². The highest BCUT2D eigenvalue weighted by atomic mass is 19.1. The number of hydrogen-bond donors (Lipinski definition) is 1. The van der Waals surface area contributed by atoms with Crippen LogP contribution in [-0.4, -0.2) is 15.9 Å². The summed E-state index contributed by atoms with van der Waals surface area (Å²) < 4.78 is 12.6. The predicted molar refractivity (Wildman–Crippen MR) is 82.4 cm³/mol. The van der Waals surface area contributed by atoms with E-state index in [0.29, 0.717) is 5.56 Å². The van der Waals surface area contributed by atoms with Crippen LogP contribution in [0.2, 0.25) is 0 Å². The van der Waals surface area contributed by atoms with Gasteiger partial charge >= 0.3 is 0 Å². The van der Waals surface area contributed by atoms with Gasteiger partial charge in [-0.15, -0.1) is 0 Å². The van der Waals surface area contributed by atoms with Gasteiger partial charge in [0.2, 0.25) is 5.91 Å². The normalized spacial score (nSPS) is 9.50. The zero-order valence-corrected chi connectivity index (χ0v) is 11.7. The van der Waals surface area contributed by atoms with Gasteiger partial charge in [0.05, 0.1) is 0 Å². The quantitative estimate of drug-likeness (QED) is 0.790. The van der Waals surface area contributed by atoms with Crippen molar-refractivity contribution in [3.63, 3.8) is 0 Å². The molecule has 5 heteroatoms. The smallest absolute Gasteiger partial charge is 0.248 e. The minimum Gasteiger partial charge on any atom is -0.366 e. The van der Waals surface area contributed by atoms with E-state index in [0.717, 1.165) is 11.1 Å². The molecule has 0 saturated carbocycles. The maximum Gasteiger partial charge on any atom is 0.248 e. The average Bonchev–Trinajstić information content (AvgIpc) is 2.58. The molecule has 4 nitrogen and oxygen atoms in total. The number of nitrogens with zero attached hydrogens (tertiary/aromatic N) is 2. The summed E-state index contributed by atoms with van der Waals surface area (Å²) >= 11 is 0. The van der Waals surface area contributed by atoms with Crippen molar-refractivity contribution in [1.29, 1.82) is 0 Å². The molecule has 2 aromatic heterocycles. The molecule has 2 N–H and O–H groups in total. The van der Waals surface area contributed by atoms with Gasteiger partial charge < -0.3 is 5.73 Å². The second-order valence-corrected chi connectivity index (χ2v) is 4.35. The SMILES string of the molecule is Fc1ccc(-c2cccnc2)cc1.NC(=O)c1ccncc1. The zero-order chi connectivity index (χ0) is 15.8. The number of halogens is 1. The van der Waals surface area contributed by atoms with Crippen molar-refractivity contribution in [3.8, 4) is 11.1 Å². The van der Waals surface area contributed by atoms with E-state index in [9.17, 15) is 9.18 Å². The molecule has 1 aromatic carbocycles. The van der Waals surface area contributed by atoms with Crippen molar-refractivity contribution in [2.24, 2.45) is 5.73 Å². The van der Waals surface area contributed by atoms with Crippen molar-refractivity contribution < 1.29 is 9.18 Å². The summed E-state index contributed by atoms with van der Waals surface area (Å²) in [7, 11) is 0. The third-order valence-electron chi connectivity index (χ3n) is 2.80. The molecule has 2 heterocycles. The maximum atomic E-state index is 12.6. The lowest BCUT2D eigenvalue weighted by Crippen LogP contribution is -2.10. The summed E-state index contributed by atoms with van der Waals surface area (Å²) in [6.07, 6.45) is 6.53. The molecule has 0 aliphatic carbocycles.